The van der Waals surface area contributed by atoms with Crippen molar-refractivity contribution in [3.8, 4) is 11.5 Å². The summed E-state index contributed by atoms with van der Waals surface area (Å²) in [4.78, 5) is 15.4. The van der Waals surface area contributed by atoms with Gasteiger partial charge in [-0.2, -0.15) is 0 Å². The van der Waals surface area contributed by atoms with E-state index in [9.17, 15) is 4.79 Å². The van der Waals surface area contributed by atoms with Gasteiger partial charge in [-0.05, 0) is 37.5 Å². The maximum atomic E-state index is 10.8. The van der Waals surface area contributed by atoms with Gasteiger partial charge in [0.05, 0.1) is 26.5 Å². The fraction of sp³-hybridized carbons (Fsp3) is 0.375. The molecule has 1 amide bonds. The Morgan fingerprint density at radius 2 is 2.05 bits per heavy atom. The summed E-state index contributed by atoms with van der Waals surface area (Å²) in [6.45, 7) is 0.148. The zero-order valence-electron chi connectivity index (χ0n) is 12.9. The molecule has 0 fully saturated rings. The van der Waals surface area contributed by atoms with Crippen molar-refractivity contribution in [2.45, 2.75) is 19.3 Å². The van der Waals surface area contributed by atoms with E-state index in [4.69, 9.17) is 15.2 Å². The van der Waals surface area contributed by atoms with Gasteiger partial charge in [-0.1, -0.05) is 0 Å². The summed E-state index contributed by atoms with van der Waals surface area (Å²) in [7, 11) is 3.20. The molecule has 22 heavy (non-hydrogen) atoms. The molecule has 0 heterocycles. The molecule has 0 saturated carbocycles. The Morgan fingerprint density at radius 1 is 1.27 bits per heavy atom. The summed E-state index contributed by atoms with van der Waals surface area (Å²) < 4.78 is 10.5. The van der Waals surface area contributed by atoms with E-state index in [1.165, 1.54) is 0 Å². The molecule has 0 atom stereocenters. The predicted molar refractivity (Wildman–Crippen MR) is 85.8 cm³/mol. The van der Waals surface area contributed by atoms with Crippen molar-refractivity contribution in [1.82, 2.24) is 5.32 Å². The zero-order valence-corrected chi connectivity index (χ0v) is 12.9. The number of amides is 1. The summed E-state index contributed by atoms with van der Waals surface area (Å²) in [6, 6.07) is 5.55. The van der Waals surface area contributed by atoms with Crippen LogP contribution >= 0.6 is 0 Å². The summed E-state index contributed by atoms with van der Waals surface area (Å²) in [5.74, 6) is 0.954. The van der Waals surface area contributed by atoms with Gasteiger partial charge in [0.1, 0.15) is 0 Å². The number of primary amides is 1. The number of aliphatic imine (C=N–C) groups is 1. The Kier molecular flexibility index (Phi) is 5.41. The van der Waals surface area contributed by atoms with Crippen LogP contribution in [0.15, 0.2) is 35.0 Å². The van der Waals surface area contributed by atoms with Crippen molar-refractivity contribution in [1.29, 1.82) is 0 Å². The van der Waals surface area contributed by atoms with Crippen LogP contribution in [0.4, 0.5) is 5.69 Å². The van der Waals surface area contributed by atoms with Crippen molar-refractivity contribution in [2.24, 2.45) is 10.7 Å². The largest absolute Gasteiger partial charge is 0.493 e. The minimum absolute atomic E-state index is 0.148. The summed E-state index contributed by atoms with van der Waals surface area (Å²) in [5.41, 5.74) is 7.90. The molecule has 1 aromatic rings. The molecule has 6 heteroatoms. The third-order valence-electron chi connectivity index (χ3n) is 3.35. The van der Waals surface area contributed by atoms with E-state index in [0.717, 1.165) is 36.4 Å². The number of ether oxygens (including phenoxy) is 2. The number of benzene rings is 1. The monoisotopic (exact) mass is 303 g/mol. The van der Waals surface area contributed by atoms with Crippen molar-refractivity contribution >= 4 is 17.3 Å². The van der Waals surface area contributed by atoms with Gasteiger partial charge in [-0.3, -0.25) is 9.79 Å². The molecule has 0 aromatic heterocycles. The highest BCUT2D eigenvalue weighted by atomic mass is 16.5. The van der Waals surface area contributed by atoms with Crippen LogP contribution in [0.2, 0.25) is 0 Å². The van der Waals surface area contributed by atoms with Gasteiger partial charge in [0, 0.05) is 17.5 Å². The second-order valence-corrected chi connectivity index (χ2v) is 4.99. The Hall–Kier alpha value is -2.50. The van der Waals surface area contributed by atoms with E-state index in [0.29, 0.717) is 11.5 Å². The molecule has 0 unspecified atom stereocenters. The van der Waals surface area contributed by atoms with Crippen LogP contribution in [-0.4, -0.2) is 32.4 Å². The van der Waals surface area contributed by atoms with E-state index in [-0.39, 0.29) is 12.5 Å². The van der Waals surface area contributed by atoms with Crippen molar-refractivity contribution < 1.29 is 14.3 Å². The standard InChI is InChI=1S/C16H21N3O3/c1-21-14-7-6-13(9-15(14)22-2)19-12-5-3-4-11(8-12)18-10-16(17)20/h6-9,18H,3-5,10H2,1-2H3,(H2,17,20). The Labute approximate surface area is 130 Å². The van der Waals surface area contributed by atoms with E-state index in [1.54, 1.807) is 14.2 Å². The number of carbonyl (C=O) groups is 1. The van der Waals surface area contributed by atoms with Crippen molar-refractivity contribution in [3.05, 3.63) is 30.0 Å². The lowest BCUT2D eigenvalue weighted by Crippen LogP contribution is -2.29. The first-order chi connectivity index (χ1) is 10.6. The SMILES string of the molecule is COc1ccc(N=C2C=C(NCC(N)=O)CCC2)cc1OC. The lowest BCUT2D eigenvalue weighted by atomic mass is 10.0. The summed E-state index contributed by atoms with van der Waals surface area (Å²) in [5, 5.41) is 3.04. The number of hydrogen-bond donors (Lipinski definition) is 2. The molecule has 0 saturated heterocycles. The van der Waals surface area contributed by atoms with Gasteiger partial charge in [-0.25, -0.2) is 0 Å². The van der Waals surface area contributed by atoms with Gasteiger partial charge in [0.2, 0.25) is 5.91 Å². The van der Waals surface area contributed by atoms with Crippen LogP contribution in [0, 0.1) is 0 Å². The van der Waals surface area contributed by atoms with Crippen LogP contribution in [0.3, 0.4) is 0 Å². The molecule has 1 aliphatic carbocycles. The first kappa shape index (κ1) is 15.9. The number of nitrogens with zero attached hydrogens (tertiary/aromatic N) is 1. The summed E-state index contributed by atoms with van der Waals surface area (Å²) >= 11 is 0. The van der Waals surface area contributed by atoms with E-state index < -0.39 is 0 Å². The molecule has 1 aromatic carbocycles. The number of nitrogens with one attached hydrogen (secondary N) is 1. The smallest absolute Gasteiger partial charge is 0.236 e. The van der Waals surface area contributed by atoms with Crippen LogP contribution in [-0.2, 0) is 4.79 Å². The highest BCUT2D eigenvalue weighted by molar-refractivity contribution is 5.98. The molecule has 1 aliphatic rings. The van der Waals surface area contributed by atoms with Gasteiger partial charge in [0.25, 0.3) is 0 Å². The van der Waals surface area contributed by atoms with E-state index >= 15 is 0 Å². The number of allylic oxidation sites excluding steroid dienone is 2. The van der Waals surface area contributed by atoms with Gasteiger partial charge >= 0.3 is 0 Å². The first-order valence-corrected chi connectivity index (χ1v) is 7.14. The topological polar surface area (TPSA) is 85.9 Å². The number of methoxy groups -OCH3 is 2. The third kappa shape index (κ3) is 4.25. The van der Waals surface area contributed by atoms with Gasteiger partial charge in [-0.15, -0.1) is 0 Å². The minimum atomic E-state index is -0.371. The van der Waals surface area contributed by atoms with Gasteiger partial charge < -0.3 is 20.5 Å². The zero-order chi connectivity index (χ0) is 15.9. The number of nitrogens with two attached hydrogens (primary N) is 1. The minimum Gasteiger partial charge on any atom is -0.493 e. The Bertz CT molecular complexity index is 609. The fourth-order valence-corrected chi connectivity index (χ4v) is 2.29. The first-order valence-electron chi connectivity index (χ1n) is 7.14. The molecule has 6 nitrogen and oxygen atoms in total. The number of carbonyl (C=O) groups excluding carboxylic acids is 1. The molecule has 0 bridgehead atoms. The average Bonchev–Trinajstić information content (AvgIpc) is 2.53. The van der Waals surface area contributed by atoms with Crippen LogP contribution in [0.25, 0.3) is 0 Å². The molecule has 2 rings (SSSR count). The normalized spacial score (nSPS) is 16.1. The van der Waals surface area contributed by atoms with E-state index in [2.05, 4.69) is 10.3 Å². The van der Waals surface area contributed by atoms with Crippen LogP contribution in [0.1, 0.15) is 19.3 Å². The molecular weight excluding hydrogens is 282 g/mol. The predicted octanol–water partition coefficient (Wildman–Crippen LogP) is 1.92. The molecule has 0 radical (unpaired) electrons. The average molecular weight is 303 g/mol. The molecule has 3 N–H and O–H groups in total. The quantitative estimate of drug-likeness (QED) is 0.840. The van der Waals surface area contributed by atoms with Gasteiger partial charge in [0.15, 0.2) is 11.5 Å². The molecular formula is C16H21N3O3. The van der Waals surface area contributed by atoms with Crippen LogP contribution in [0.5, 0.6) is 11.5 Å². The van der Waals surface area contributed by atoms with Crippen molar-refractivity contribution in [2.75, 3.05) is 20.8 Å². The molecule has 0 spiro atoms. The summed E-state index contributed by atoms with van der Waals surface area (Å²) in [6.07, 6.45) is 4.77. The molecule has 0 aliphatic heterocycles. The van der Waals surface area contributed by atoms with Crippen LogP contribution < -0.4 is 20.5 Å². The Balaban J connectivity index is 2.17. The second-order valence-electron chi connectivity index (χ2n) is 4.99. The highest BCUT2D eigenvalue weighted by Gasteiger charge is 2.10. The lowest BCUT2D eigenvalue weighted by Gasteiger charge is -2.16. The Morgan fingerprint density at radius 3 is 2.73 bits per heavy atom. The maximum Gasteiger partial charge on any atom is 0.236 e. The number of hydrogen-bond acceptors (Lipinski definition) is 5. The van der Waals surface area contributed by atoms with E-state index in [1.807, 2.05) is 24.3 Å². The third-order valence-corrected chi connectivity index (χ3v) is 3.35. The molecule has 118 valence electrons. The second kappa shape index (κ2) is 7.49. The maximum absolute atomic E-state index is 10.8. The fourth-order valence-electron chi connectivity index (χ4n) is 2.29. The lowest BCUT2D eigenvalue weighted by molar-refractivity contribution is -0.117. The number of rotatable bonds is 6. The van der Waals surface area contributed by atoms with Crippen molar-refractivity contribution in [3.63, 3.8) is 0 Å². The highest BCUT2D eigenvalue weighted by Crippen LogP contribution is 2.31.